The smallest absolute Gasteiger partial charge is 0.258 e. The summed E-state index contributed by atoms with van der Waals surface area (Å²) in [5, 5.41) is 0. The zero-order chi connectivity index (χ0) is 15.3. The molecule has 110 valence electrons. The van der Waals surface area contributed by atoms with Gasteiger partial charge in [0.1, 0.15) is 0 Å². The van der Waals surface area contributed by atoms with E-state index in [-0.39, 0.29) is 12.7 Å². The molecule has 0 N–H and O–H groups in total. The van der Waals surface area contributed by atoms with Gasteiger partial charge in [0.25, 0.3) is 5.91 Å². The maximum Gasteiger partial charge on any atom is 0.258 e. The topological polar surface area (TPSA) is 38.8 Å². The number of anilines is 1. The van der Waals surface area contributed by atoms with Gasteiger partial charge in [-0.15, -0.1) is 0 Å². The molecular formula is C17H12BrNO3. The van der Waals surface area contributed by atoms with Crippen LogP contribution in [0.15, 0.2) is 40.9 Å². The normalized spacial score (nSPS) is 17.3. The van der Waals surface area contributed by atoms with Crippen LogP contribution in [0.2, 0.25) is 0 Å². The first-order valence-corrected chi connectivity index (χ1v) is 7.63. The largest absolute Gasteiger partial charge is 0.454 e. The Bertz CT molecular complexity index is 829. The molecule has 0 bridgehead atoms. The molecule has 0 aromatic heterocycles. The van der Waals surface area contributed by atoms with Crippen LogP contribution < -0.4 is 14.4 Å². The number of para-hydroxylation sites is 1. The Labute approximate surface area is 136 Å². The summed E-state index contributed by atoms with van der Waals surface area (Å²) in [5.74, 6) is 1.40. The molecule has 1 amide bonds. The summed E-state index contributed by atoms with van der Waals surface area (Å²) in [6.45, 7) is 0.228. The number of amides is 1. The van der Waals surface area contributed by atoms with Gasteiger partial charge in [-0.05, 0) is 29.8 Å². The number of hydrogen-bond donors (Lipinski definition) is 0. The molecule has 0 fully saturated rings. The third-order valence-electron chi connectivity index (χ3n) is 3.88. The van der Waals surface area contributed by atoms with Crippen molar-refractivity contribution in [1.29, 1.82) is 0 Å². The van der Waals surface area contributed by atoms with Crippen LogP contribution in [0.3, 0.4) is 0 Å². The predicted octanol–water partition coefficient (Wildman–Crippen LogP) is 3.69. The second-order valence-electron chi connectivity index (χ2n) is 5.17. The highest BCUT2D eigenvalue weighted by molar-refractivity contribution is 9.10. The Balaban J connectivity index is 1.86. The Morgan fingerprint density at radius 1 is 1.18 bits per heavy atom. The number of carbonyl (C=O) groups is 1. The van der Waals surface area contributed by atoms with E-state index >= 15 is 0 Å². The molecule has 22 heavy (non-hydrogen) atoms. The minimum atomic E-state index is -0.00855. The van der Waals surface area contributed by atoms with Gasteiger partial charge in [-0.1, -0.05) is 34.1 Å². The SMILES string of the molecule is CN1C(=O)/C(=C/c2cc3c(cc2Br)OCO3)c2ccccc21. The zero-order valence-corrected chi connectivity index (χ0v) is 13.4. The minimum absolute atomic E-state index is 0.00855. The van der Waals surface area contributed by atoms with Gasteiger partial charge in [-0.2, -0.15) is 0 Å². The molecule has 0 saturated carbocycles. The lowest BCUT2D eigenvalue weighted by Crippen LogP contribution is -2.20. The number of carbonyl (C=O) groups excluding carboxylic acids is 1. The van der Waals surface area contributed by atoms with Crippen LogP contribution in [0, 0.1) is 0 Å². The molecule has 0 saturated heterocycles. The molecule has 4 rings (SSSR count). The molecule has 2 aromatic carbocycles. The van der Waals surface area contributed by atoms with Crippen LogP contribution in [0.25, 0.3) is 11.6 Å². The molecule has 4 nitrogen and oxygen atoms in total. The highest BCUT2D eigenvalue weighted by atomic mass is 79.9. The summed E-state index contributed by atoms with van der Waals surface area (Å²) in [6.07, 6.45) is 1.89. The Morgan fingerprint density at radius 3 is 2.73 bits per heavy atom. The van der Waals surface area contributed by atoms with E-state index in [2.05, 4.69) is 15.9 Å². The number of hydrogen-bond acceptors (Lipinski definition) is 3. The highest BCUT2D eigenvalue weighted by Crippen LogP contribution is 2.41. The van der Waals surface area contributed by atoms with Gasteiger partial charge in [-0.3, -0.25) is 4.79 Å². The number of fused-ring (bicyclic) bond motifs is 2. The van der Waals surface area contributed by atoms with Crippen molar-refractivity contribution in [2.45, 2.75) is 0 Å². The predicted molar refractivity (Wildman–Crippen MR) is 88.0 cm³/mol. The van der Waals surface area contributed by atoms with Crippen molar-refractivity contribution in [1.82, 2.24) is 0 Å². The average Bonchev–Trinajstić information content (AvgIpc) is 3.06. The summed E-state index contributed by atoms with van der Waals surface area (Å²) >= 11 is 3.53. The van der Waals surface area contributed by atoms with E-state index in [1.165, 1.54) is 0 Å². The van der Waals surface area contributed by atoms with Gasteiger partial charge in [0.05, 0.1) is 5.69 Å². The van der Waals surface area contributed by atoms with Crippen molar-refractivity contribution >= 4 is 39.2 Å². The van der Waals surface area contributed by atoms with Crippen LogP contribution in [0.4, 0.5) is 5.69 Å². The molecule has 2 aliphatic heterocycles. The van der Waals surface area contributed by atoms with Crippen molar-refractivity contribution in [2.75, 3.05) is 18.7 Å². The van der Waals surface area contributed by atoms with E-state index in [4.69, 9.17) is 9.47 Å². The summed E-state index contributed by atoms with van der Waals surface area (Å²) in [5.41, 5.74) is 3.44. The van der Waals surface area contributed by atoms with Crippen molar-refractivity contribution in [3.05, 3.63) is 52.0 Å². The lowest BCUT2D eigenvalue weighted by Gasteiger charge is -2.08. The fourth-order valence-electron chi connectivity index (χ4n) is 2.74. The molecule has 0 radical (unpaired) electrons. The molecule has 0 unspecified atom stereocenters. The molecular weight excluding hydrogens is 346 g/mol. The van der Waals surface area contributed by atoms with Crippen molar-refractivity contribution in [3.63, 3.8) is 0 Å². The van der Waals surface area contributed by atoms with Crippen LogP contribution in [-0.2, 0) is 4.79 Å². The molecule has 0 spiro atoms. The summed E-state index contributed by atoms with van der Waals surface area (Å²) in [4.78, 5) is 14.2. The summed E-state index contributed by atoms with van der Waals surface area (Å²) < 4.78 is 11.6. The summed E-state index contributed by atoms with van der Waals surface area (Å²) in [6, 6.07) is 11.5. The molecule has 0 atom stereocenters. The van der Waals surface area contributed by atoms with Gasteiger partial charge in [-0.25, -0.2) is 0 Å². The number of ether oxygens (including phenoxy) is 2. The maximum atomic E-state index is 12.5. The average molecular weight is 358 g/mol. The van der Waals surface area contributed by atoms with Gasteiger partial charge in [0.15, 0.2) is 11.5 Å². The van der Waals surface area contributed by atoms with E-state index in [1.807, 2.05) is 42.5 Å². The highest BCUT2D eigenvalue weighted by Gasteiger charge is 2.29. The number of rotatable bonds is 1. The first-order chi connectivity index (χ1) is 10.6. The Hall–Kier alpha value is -2.27. The van der Waals surface area contributed by atoms with Crippen LogP contribution in [0.1, 0.15) is 11.1 Å². The quantitative estimate of drug-likeness (QED) is 0.730. The van der Waals surface area contributed by atoms with Gasteiger partial charge >= 0.3 is 0 Å². The monoisotopic (exact) mass is 357 g/mol. The van der Waals surface area contributed by atoms with Crippen molar-refractivity contribution in [2.24, 2.45) is 0 Å². The third-order valence-corrected chi connectivity index (χ3v) is 4.57. The van der Waals surface area contributed by atoms with Gasteiger partial charge in [0, 0.05) is 22.7 Å². The van der Waals surface area contributed by atoms with E-state index < -0.39 is 0 Å². The minimum Gasteiger partial charge on any atom is -0.454 e. The number of benzene rings is 2. The van der Waals surface area contributed by atoms with E-state index in [0.29, 0.717) is 17.1 Å². The van der Waals surface area contributed by atoms with E-state index in [0.717, 1.165) is 21.3 Å². The van der Waals surface area contributed by atoms with Crippen LogP contribution >= 0.6 is 15.9 Å². The fourth-order valence-corrected chi connectivity index (χ4v) is 3.17. The lowest BCUT2D eigenvalue weighted by molar-refractivity contribution is -0.112. The Morgan fingerprint density at radius 2 is 1.91 bits per heavy atom. The van der Waals surface area contributed by atoms with Crippen molar-refractivity contribution < 1.29 is 14.3 Å². The number of nitrogens with zero attached hydrogens (tertiary/aromatic N) is 1. The first kappa shape index (κ1) is 13.4. The van der Waals surface area contributed by atoms with Crippen LogP contribution in [-0.4, -0.2) is 19.7 Å². The number of likely N-dealkylation sites (N-methyl/N-ethyl adjacent to an activating group) is 1. The Kier molecular flexibility index (Phi) is 2.97. The summed E-state index contributed by atoms with van der Waals surface area (Å²) in [7, 11) is 1.79. The standard InChI is InChI=1S/C17H12BrNO3/c1-19-14-5-3-2-4-11(14)12(17(19)20)6-10-7-15-16(8-13(10)18)22-9-21-15/h2-8H,9H2,1H3/b12-6+. The van der Waals surface area contributed by atoms with Crippen molar-refractivity contribution in [3.8, 4) is 11.5 Å². The van der Waals surface area contributed by atoms with Gasteiger partial charge < -0.3 is 14.4 Å². The fraction of sp³-hybridized carbons (Fsp3) is 0.118. The van der Waals surface area contributed by atoms with E-state index in [1.54, 1.807) is 11.9 Å². The molecule has 5 heteroatoms. The third kappa shape index (κ3) is 1.93. The molecule has 0 aliphatic carbocycles. The van der Waals surface area contributed by atoms with Crippen LogP contribution in [0.5, 0.6) is 11.5 Å². The van der Waals surface area contributed by atoms with E-state index in [9.17, 15) is 4.79 Å². The second-order valence-corrected chi connectivity index (χ2v) is 6.02. The first-order valence-electron chi connectivity index (χ1n) is 6.83. The lowest BCUT2D eigenvalue weighted by atomic mass is 10.0. The molecule has 2 aromatic rings. The van der Waals surface area contributed by atoms with Gasteiger partial charge in [0.2, 0.25) is 6.79 Å². The maximum absolute atomic E-state index is 12.5. The molecule has 2 aliphatic rings. The number of halogens is 1. The second kappa shape index (κ2) is 4.88. The zero-order valence-electron chi connectivity index (χ0n) is 11.8. The molecule has 2 heterocycles.